The zero-order valence-electron chi connectivity index (χ0n) is 8.94. The molecule has 84 valence electrons. The van der Waals surface area contributed by atoms with Crippen LogP contribution in [-0.2, 0) is 0 Å². The molecule has 0 aliphatic carbocycles. The van der Waals surface area contributed by atoms with Crippen LogP contribution in [0, 0.1) is 0 Å². The Balaban J connectivity index is 1.82. The van der Waals surface area contributed by atoms with Crippen molar-refractivity contribution in [2.24, 2.45) is 0 Å². The predicted octanol–water partition coefficient (Wildman–Crippen LogP) is 2.00. The van der Waals surface area contributed by atoms with Crippen LogP contribution < -0.4 is 5.32 Å². The number of piperidine rings is 1. The molecule has 0 radical (unpaired) electrons. The normalized spacial score (nSPS) is 21.1. The summed E-state index contributed by atoms with van der Waals surface area (Å²) in [6.45, 7) is 2.14. The Morgan fingerprint density at radius 1 is 1.44 bits per heavy atom. The molecule has 5 heteroatoms. The summed E-state index contributed by atoms with van der Waals surface area (Å²) in [4.78, 5) is 5.71. The largest absolute Gasteiger partial charge is 0.316 e. The third-order valence-electron chi connectivity index (χ3n) is 2.93. The highest BCUT2D eigenvalue weighted by molar-refractivity contribution is 7.13. The molecule has 2 aromatic rings. The summed E-state index contributed by atoms with van der Waals surface area (Å²) in [7, 11) is 0. The lowest BCUT2D eigenvalue weighted by molar-refractivity contribution is 0.447. The van der Waals surface area contributed by atoms with Gasteiger partial charge in [0.05, 0.1) is 4.88 Å². The number of hydrogen-bond donors (Lipinski definition) is 2. The van der Waals surface area contributed by atoms with Crippen LogP contribution in [0.1, 0.15) is 24.6 Å². The fraction of sp³-hybridized carbons (Fsp3) is 0.455. The molecule has 2 aromatic heterocycles. The van der Waals surface area contributed by atoms with Crippen molar-refractivity contribution in [1.82, 2.24) is 20.5 Å². The minimum Gasteiger partial charge on any atom is -0.316 e. The van der Waals surface area contributed by atoms with Gasteiger partial charge in [-0.05, 0) is 30.8 Å². The summed E-state index contributed by atoms with van der Waals surface area (Å²) >= 11 is 1.68. The minimum absolute atomic E-state index is 0.495. The van der Waals surface area contributed by atoms with Gasteiger partial charge in [-0.15, -0.1) is 11.3 Å². The van der Waals surface area contributed by atoms with E-state index in [1.807, 2.05) is 11.4 Å². The lowest BCUT2D eigenvalue weighted by atomic mass is 9.99. The molecule has 1 aliphatic heterocycles. The van der Waals surface area contributed by atoms with Gasteiger partial charge in [-0.25, -0.2) is 4.98 Å². The Hall–Kier alpha value is -1.20. The molecule has 0 spiro atoms. The first kappa shape index (κ1) is 9.99. The van der Waals surface area contributed by atoms with E-state index < -0.39 is 0 Å². The molecule has 16 heavy (non-hydrogen) atoms. The highest BCUT2D eigenvalue weighted by Crippen LogP contribution is 2.24. The van der Waals surface area contributed by atoms with Crippen LogP contribution in [-0.4, -0.2) is 28.3 Å². The molecule has 1 aliphatic rings. The van der Waals surface area contributed by atoms with Crippen LogP contribution in [0.2, 0.25) is 0 Å². The molecule has 1 fully saturated rings. The summed E-state index contributed by atoms with van der Waals surface area (Å²) < 4.78 is 0. The van der Waals surface area contributed by atoms with Gasteiger partial charge in [-0.2, -0.15) is 5.10 Å². The highest BCUT2D eigenvalue weighted by atomic mass is 32.1. The Morgan fingerprint density at radius 3 is 3.19 bits per heavy atom. The van der Waals surface area contributed by atoms with E-state index in [0.29, 0.717) is 5.92 Å². The number of rotatable bonds is 2. The lowest BCUT2D eigenvalue weighted by Gasteiger charge is -2.20. The molecule has 0 saturated carbocycles. The van der Waals surface area contributed by atoms with Gasteiger partial charge in [0.1, 0.15) is 5.82 Å². The van der Waals surface area contributed by atoms with Crippen LogP contribution in [0.25, 0.3) is 10.7 Å². The van der Waals surface area contributed by atoms with Crippen molar-refractivity contribution in [3.8, 4) is 10.7 Å². The van der Waals surface area contributed by atoms with E-state index in [4.69, 9.17) is 0 Å². The SMILES string of the molecule is c1csc(-c2n[nH]c([C@H]3CCCNC3)n2)c1. The first-order valence-corrected chi connectivity index (χ1v) is 6.48. The average molecular weight is 234 g/mol. The maximum Gasteiger partial charge on any atom is 0.191 e. The number of aromatic amines is 1. The number of nitrogens with one attached hydrogen (secondary N) is 2. The monoisotopic (exact) mass is 234 g/mol. The first-order chi connectivity index (χ1) is 7.93. The Kier molecular flexibility index (Phi) is 2.71. The maximum atomic E-state index is 4.58. The quantitative estimate of drug-likeness (QED) is 0.835. The number of H-pyrrole nitrogens is 1. The van der Waals surface area contributed by atoms with Gasteiger partial charge >= 0.3 is 0 Å². The number of hydrogen-bond acceptors (Lipinski definition) is 4. The van der Waals surface area contributed by atoms with Gasteiger partial charge in [0.2, 0.25) is 0 Å². The fourth-order valence-corrected chi connectivity index (χ4v) is 2.72. The lowest BCUT2D eigenvalue weighted by Crippen LogP contribution is -2.28. The predicted molar refractivity (Wildman–Crippen MR) is 64.5 cm³/mol. The molecule has 0 amide bonds. The average Bonchev–Trinajstić information content (AvgIpc) is 3.01. The van der Waals surface area contributed by atoms with Crippen molar-refractivity contribution in [2.75, 3.05) is 13.1 Å². The van der Waals surface area contributed by atoms with Crippen molar-refractivity contribution < 1.29 is 0 Å². The topological polar surface area (TPSA) is 53.6 Å². The van der Waals surface area contributed by atoms with Crippen molar-refractivity contribution in [3.63, 3.8) is 0 Å². The molecule has 3 rings (SSSR count). The molecule has 1 atom stereocenters. The van der Waals surface area contributed by atoms with Gasteiger partial charge in [0.15, 0.2) is 5.82 Å². The molecule has 0 aromatic carbocycles. The van der Waals surface area contributed by atoms with Crippen molar-refractivity contribution in [1.29, 1.82) is 0 Å². The third kappa shape index (κ3) is 1.88. The van der Waals surface area contributed by atoms with Crippen molar-refractivity contribution in [3.05, 3.63) is 23.3 Å². The Labute approximate surface area is 98.1 Å². The van der Waals surface area contributed by atoms with E-state index in [9.17, 15) is 0 Å². The molecule has 4 nitrogen and oxygen atoms in total. The summed E-state index contributed by atoms with van der Waals surface area (Å²) in [6.07, 6.45) is 2.42. The maximum absolute atomic E-state index is 4.58. The van der Waals surface area contributed by atoms with Crippen LogP contribution in [0.5, 0.6) is 0 Å². The smallest absolute Gasteiger partial charge is 0.191 e. The van der Waals surface area contributed by atoms with Crippen molar-refractivity contribution in [2.45, 2.75) is 18.8 Å². The molecule has 0 unspecified atom stereocenters. The Morgan fingerprint density at radius 2 is 2.44 bits per heavy atom. The van der Waals surface area contributed by atoms with E-state index >= 15 is 0 Å². The van der Waals surface area contributed by atoms with Crippen LogP contribution in [0.15, 0.2) is 17.5 Å². The zero-order chi connectivity index (χ0) is 10.8. The van der Waals surface area contributed by atoms with Gasteiger partial charge < -0.3 is 5.32 Å². The fourth-order valence-electron chi connectivity index (χ4n) is 2.06. The van der Waals surface area contributed by atoms with E-state index in [1.165, 1.54) is 12.8 Å². The summed E-state index contributed by atoms with van der Waals surface area (Å²) in [5.74, 6) is 2.35. The van der Waals surface area contributed by atoms with E-state index in [-0.39, 0.29) is 0 Å². The molecular weight excluding hydrogens is 220 g/mol. The van der Waals surface area contributed by atoms with E-state index in [0.717, 1.165) is 29.6 Å². The van der Waals surface area contributed by atoms with Crippen LogP contribution in [0.4, 0.5) is 0 Å². The second-order valence-electron chi connectivity index (χ2n) is 4.06. The highest BCUT2D eigenvalue weighted by Gasteiger charge is 2.19. The summed E-state index contributed by atoms with van der Waals surface area (Å²) in [6, 6.07) is 4.08. The number of nitrogens with zero attached hydrogens (tertiary/aromatic N) is 2. The Bertz CT molecular complexity index is 442. The molecule has 1 saturated heterocycles. The second kappa shape index (κ2) is 4.35. The molecule has 0 bridgehead atoms. The standard InChI is InChI=1S/C11H14N4S/c1-3-8(7-12-5-1)10-13-11(15-14-10)9-4-2-6-16-9/h2,4,6,8,12H,1,3,5,7H2,(H,13,14,15)/t8-/m0/s1. The molecule has 2 N–H and O–H groups in total. The van der Waals surface area contributed by atoms with Gasteiger partial charge in [-0.1, -0.05) is 6.07 Å². The van der Waals surface area contributed by atoms with Gasteiger partial charge in [0.25, 0.3) is 0 Å². The third-order valence-corrected chi connectivity index (χ3v) is 3.79. The second-order valence-corrected chi connectivity index (χ2v) is 5.01. The summed E-state index contributed by atoms with van der Waals surface area (Å²) in [5, 5.41) is 12.8. The number of aromatic nitrogens is 3. The van der Waals surface area contributed by atoms with E-state index in [2.05, 4.69) is 26.6 Å². The summed E-state index contributed by atoms with van der Waals surface area (Å²) in [5.41, 5.74) is 0. The zero-order valence-corrected chi connectivity index (χ0v) is 9.76. The van der Waals surface area contributed by atoms with Gasteiger partial charge in [0, 0.05) is 12.5 Å². The molecule has 3 heterocycles. The van der Waals surface area contributed by atoms with Gasteiger partial charge in [-0.3, -0.25) is 5.10 Å². The first-order valence-electron chi connectivity index (χ1n) is 5.60. The van der Waals surface area contributed by atoms with E-state index in [1.54, 1.807) is 11.3 Å². The minimum atomic E-state index is 0.495. The molecular formula is C11H14N4S. The number of thiophene rings is 1. The van der Waals surface area contributed by atoms with Crippen LogP contribution in [0.3, 0.4) is 0 Å². The van der Waals surface area contributed by atoms with Crippen LogP contribution >= 0.6 is 11.3 Å². The van der Waals surface area contributed by atoms with Crippen molar-refractivity contribution >= 4 is 11.3 Å².